The Kier molecular flexibility index (Phi) is 9.08. The number of hydrogen-bond donors (Lipinski definition) is 3. The van der Waals surface area contributed by atoms with Crippen LogP contribution in [0.25, 0.3) is 0 Å². The summed E-state index contributed by atoms with van der Waals surface area (Å²) in [6.45, 7) is 8.57. The lowest BCUT2D eigenvalue weighted by atomic mass is 9.71. The molecule has 168 valence electrons. The third kappa shape index (κ3) is 6.66. The van der Waals surface area contributed by atoms with Crippen molar-refractivity contribution in [2.75, 3.05) is 13.2 Å². The number of allylic oxidation sites excluding steroid dienone is 4. The van der Waals surface area contributed by atoms with Crippen molar-refractivity contribution >= 4 is 5.97 Å². The highest BCUT2D eigenvalue weighted by molar-refractivity contribution is 5.84. The highest BCUT2D eigenvalue weighted by atomic mass is 16.6. The van der Waals surface area contributed by atoms with E-state index in [1.807, 2.05) is 0 Å². The number of esters is 1. The van der Waals surface area contributed by atoms with Crippen molar-refractivity contribution in [2.24, 2.45) is 5.41 Å². The molecule has 1 aliphatic carbocycles. The van der Waals surface area contributed by atoms with Crippen LogP contribution in [0.5, 0.6) is 0 Å². The molecule has 2 aliphatic rings. The van der Waals surface area contributed by atoms with Gasteiger partial charge in [-0.1, -0.05) is 36.6 Å². The molecule has 5 nitrogen and oxygen atoms in total. The molecule has 2 unspecified atom stereocenters. The largest absolute Gasteiger partial charge is 0.452 e. The number of rotatable bonds is 9. The molecular formula is C25H38O5. The number of hydrogen-bond acceptors (Lipinski definition) is 5. The van der Waals surface area contributed by atoms with Crippen LogP contribution < -0.4 is 0 Å². The van der Waals surface area contributed by atoms with E-state index >= 15 is 0 Å². The molecule has 0 radical (unpaired) electrons. The van der Waals surface area contributed by atoms with Crippen molar-refractivity contribution in [1.29, 1.82) is 0 Å². The molecule has 2 atom stereocenters. The van der Waals surface area contributed by atoms with Crippen LogP contribution in [0.15, 0.2) is 46.1 Å². The molecule has 0 aromatic carbocycles. The minimum absolute atomic E-state index is 0.161. The summed E-state index contributed by atoms with van der Waals surface area (Å²) in [6.07, 6.45) is 10.3. The average molecular weight is 419 g/mol. The highest BCUT2D eigenvalue weighted by Crippen LogP contribution is 2.42. The lowest BCUT2D eigenvalue weighted by Crippen LogP contribution is -2.36. The average Bonchev–Trinajstić information content (AvgIpc) is 2.68. The van der Waals surface area contributed by atoms with Gasteiger partial charge in [-0.15, -0.1) is 0 Å². The van der Waals surface area contributed by atoms with Crippen molar-refractivity contribution in [1.82, 2.24) is 0 Å². The fourth-order valence-electron chi connectivity index (χ4n) is 4.55. The third-order valence-corrected chi connectivity index (χ3v) is 6.45. The van der Waals surface area contributed by atoms with E-state index in [0.29, 0.717) is 17.4 Å². The molecule has 1 heterocycles. The first-order chi connectivity index (χ1) is 14.2. The molecular weight excluding hydrogens is 380 g/mol. The summed E-state index contributed by atoms with van der Waals surface area (Å²) in [4.78, 5) is 11.6. The van der Waals surface area contributed by atoms with Gasteiger partial charge in [0.25, 0.3) is 0 Å². The molecule has 1 aliphatic heterocycles. The summed E-state index contributed by atoms with van der Waals surface area (Å²) in [5.41, 5.74) is 5.75. The number of ether oxygens (including phenoxy) is 1. The van der Waals surface area contributed by atoms with Crippen LogP contribution in [0.3, 0.4) is 0 Å². The van der Waals surface area contributed by atoms with E-state index in [1.54, 1.807) is 17.2 Å². The standard InChI is InChI=1S/C25H38O5/c1-17(10-11-21-18(2)8-6-12-25(21,3)4)7-5-9-19(15-26)13-22-24(29)20(16-27)14-23(28)30-22/h7,13-14,22,24,26-27,29H,5-6,8-12,15-16H2,1-4H3. The molecule has 3 N–H and O–H groups in total. The zero-order valence-electron chi connectivity index (χ0n) is 18.9. The molecule has 0 saturated heterocycles. The van der Waals surface area contributed by atoms with Crippen molar-refractivity contribution in [3.05, 3.63) is 46.1 Å². The summed E-state index contributed by atoms with van der Waals surface area (Å²) in [5, 5.41) is 29.2. The van der Waals surface area contributed by atoms with Crippen molar-refractivity contribution in [2.45, 2.75) is 84.8 Å². The predicted octanol–water partition coefficient (Wildman–Crippen LogP) is 4.14. The second-order valence-electron chi connectivity index (χ2n) is 9.29. The highest BCUT2D eigenvalue weighted by Gasteiger charge is 2.30. The van der Waals surface area contributed by atoms with Crippen molar-refractivity contribution in [3.8, 4) is 0 Å². The fourth-order valence-corrected chi connectivity index (χ4v) is 4.55. The van der Waals surface area contributed by atoms with Gasteiger partial charge < -0.3 is 20.1 Å². The number of aliphatic hydroxyl groups is 3. The number of carbonyl (C=O) groups is 1. The predicted molar refractivity (Wildman–Crippen MR) is 119 cm³/mol. The maximum atomic E-state index is 11.6. The van der Waals surface area contributed by atoms with E-state index in [0.717, 1.165) is 25.3 Å². The molecule has 0 spiro atoms. The molecule has 5 heteroatoms. The Morgan fingerprint density at radius 1 is 1.30 bits per heavy atom. The number of carbonyl (C=O) groups excluding carboxylic acids is 1. The van der Waals surface area contributed by atoms with Gasteiger partial charge in [0.2, 0.25) is 0 Å². The molecule has 0 amide bonds. The van der Waals surface area contributed by atoms with Gasteiger partial charge in [-0.05, 0) is 81.4 Å². The lowest BCUT2D eigenvalue weighted by molar-refractivity contribution is -0.147. The summed E-state index contributed by atoms with van der Waals surface area (Å²) >= 11 is 0. The molecule has 30 heavy (non-hydrogen) atoms. The molecule has 0 aromatic rings. The SMILES string of the molecule is CC(=CCCC(=CC1OC(=O)C=C(CO)C1O)CO)CCC1=C(C)CCCC1(C)C. The zero-order chi connectivity index (χ0) is 22.3. The Morgan fingerprint density at radius 3 is 2.67 bits per heavy atom. The van der Waals surface area contributed by atoms with E-state index in [-0.39, 0.29) is 12.2 Å². The first kappa shape index (κ1) is 24.6. The monoisotopic (exact) mass is 418 g/mol. The van der Waals surface area contributed by atoms with Gasteiger partial charge in [-0.25, -0.2) is 4.79 Å². The van der Waals surface area contributed by atoms with Crippen LogP contribution >= 0.6 is 0 Å². The van der Waals surface area contributed by atoms with Gasteiger partial charge in [-0.3, -0.25) is 0 Å². The van der Waals surface area contributed by atoms with Gasteiger partial charge in [0.05, 0.1) is 13.2 Å². The minimum atomic E-state index is -1.08. The molecule has 0 aromatic heterocycles. The van der Waals surface area contributed by atoms with Crippen molar-refractivity contribution in [3.63, 3.8) is 0 Å². The topological polar surface area (TPSA) is 87.0 Å². The zero-order valence-corrected chi connectivity index (χ0v) is 18.9. The smallest absolute Gasteiger partial charge is 0.331 e. The van der Waals surface area contributed by atoms with Crippen LogP contribution in [-0.2, 0) is 9.53 Å². The molecule has 0 saturated carbocycles. The maximum absolute atomic E-state index is 11.6. The summed E-state index contributed by atoms with van der Waals surface area (Å²) in [7, 11) is 0. The van der Waals surface area contributed by atoms with E-state index < -0.39 is 24.8 Å². The van der Waals surface area contributed by atoms with Crippen LogP contribution in [0.1, 0.15) is 72.6 Å². The Hall–Kier alpha value is -1.69. The Bertz CT molecular complexity index is 739. The van der Waals surface area contributed by atoms with Gasteiger partial charge in [-0.2, -0.15) is 0 Å². The molecule has 0 bridgehead atoms. The lowest BCUT2D eigenvalue weighted by Gasteiger charge is -2.35. The Labute approximate surface area is 180 Å². The number of aliphatic hydroxyl groups excluding tert-OH is 3. The van der Waals surface area contributed by atoms with Crippen LogP contribution in [0.4, 0.5) is 0 Å². The minimum Gasteiger partial charge on any atom is -0.452 e. The maximum Gasteiger partial charge on any atom is 0.331 e. The first-order valence-corrected chi connectivity index (χ1v) is 11.0. The molecule has 0 fully saturated rings. The van der Waals surface area contributed by atoms with E-state index in [4.69, 9.17) is 4.74 Å². The van der Waals surface area contributed by atoms with Crippen LogP contribution in [0, 0.1) is 5.41 Å². The van der Waals surface area contributed by atoms with Gasteiger partial charge >= 0.3 is 5.97 Å². The normalized spacial score (nSPS) is 25.3. The van der Waals surface area contributed by atoms with E-state index in [1.165, 1.54) is 24.8 Å². The summed E-state index contributed by atoms with van der Waals surface area (Å²) < 4.78 is 5.14. The Morgan fingerprint density at radius 2 is 2.03 bits per heavy atom. The fraction of sp³-hybridized carbons (Fsp3) is 0.640. The summed E-state index contributed by atoms with van der Waals surface area (Å²) in [5.74, 6) is -0.589. The number of cyclic esters (lactones) is 1. The first-order valence-electron chi connectivity index (χ1n) is 11.0. The van der Waals surface area contributed by atoms with E-state index in [9.17, 15) is 20.1 Å². The van der Waals surface area contributed by atoms with Crippen LogP contribution in [-0.4, -0.2) is 46.7 Å². The van der Waals surface area contributed by atoms with Gasteiger partial charge in [0.1, 0.15) is 6.10 Å². The van der Waals surface area contributed by atoms with Crippen LogP contribution in [0.2, 0.25) is 0 Å². The van der Waals surface area contributed by atoms with Gasteiger partial charge in [0.15, 0.2) is 6.10 Å². The second-order valence-corrected chi connectivity index (χ2v) is 9.29. The van der Waals surface area contributed by atoms with E-state index in [2.05, 4.69) is 33.8 Å². The van der Waals surface area contributed by atoms with Gasteiger partial charge in [0, 0.05) is 6.08 Å². The van der Waals surface area contributed by atoms with Crippen molar-refractivity contribution < 1.29 is 24.9 Å². The molecule has 2 rings (SSSR count). The quantitative estimate of drug-likeness (QED) is 0.387. The third-order valence-electron chi connectivity index (χ3n) is 6.45. The summed E-state index contributed by atoms with van der Waals surface area (Å²) in [6, 6.07) is 0. The second kappa shape index (κ2) is 11.1. The Balaban J connectivity index is 1.92.